The van der Waals surface area contributed by atoms with Crippen molar-refractivity contribution in [2.45, 2.75) is 73.5 Å². The first-order valence-corrected chi connectivity index (χ1v) is 17.7. The second-order valence-electron chi connectivity index (χ2n) is 12.1. The number of H-pyrrole nitrogens is 1. The molecule has 0 aliphatic carbocycles. The van der Waals surface area contributed by atoms with E-state index in [0.717, 1.165) is 40.4 Å². The molecule has 2 aromatic carbocycles. The minimum atomic E-state index is -4.71. The zero-order chi connectivity index (χ0) is 36.7. The fourth-order valence-electron chi connectivity index (χ4n) is 6.07. The summed E-state index contributed by atoms with van der Waals surface area (Å²) in [6, 6.07) is 9.65. The van der Waals surface area contributed by atoms with Gasteiger partial charge >= 0.3 is 6.18 Å². The van der Waals surface area contributed by atoms with Gasteiger partial charge in [-0.2, -0.15) is 13.2 Å². The summed E-state index contributed by atoms with van der Waals surface area (Å²) in [4.78, 5) is 51.4. The summed E-state index contributed by atoms with van der Waals surface area (Å²) < 4.78 is 42.1. The van der Waals surface area contributed by atoms with E-state index < -0.39 is 47.6 Å². The molecule has 11 nitrogen and oxygen atoms in total. The Balaban J connectivity index is 1.62. The van der Waals surface area contributed by atoms with Gasteiger partial charge in [0.1, 0.15) is 17.1 Å². The van der Waals surface area contributed by atoms with Gasteiger partial charge in [0, 0.05) is 60.8 Å². The highest BCUT2D eigenvalue weighted by molar-refractivity contribution is 7.99. The molecule has 3 heterocycles. The highest BCUT2D eigenvalue weighted by Crippen LogP contribution is 2.41. The van der Waals surface area contributed by atoms with Gasteiger partial charge in [-0.15, -0.1) is 0 Å². The Bertz CT molecular complexity index is 1870. The third-order valence-electron chi connectivity index (χ3n) is 8.74. The van der Waals surface area contributed by atoms with Gasteiger partial charge in [0.05, 0.1) is 16.6 Å². The van der Waals surface area contributed by atoms with Crippen molar-refractivity contribution < 1.29 is 27.6 Å². The van der Waals surface area contributed by atoms with Crippen LogP contribution in [0.5, 0.6) is 0 Å². The first-order valence-electron chi connectivity index (χ1n) is 16.5. The van der Waals surface area contributed by atoms with E-state index in [1.54, 1.807) is 31.5 Å². The zero-order valence-electron chi connectivity index (χ0n) is 27.9. The minimum absolute atomic E-state index is 0.0591. The van der Waals surface area contributed by atoms with Crippen LogP contribution < -0.4 is 27.4 Å². The number of nitrogens with one attached hydrogen (secondary N) is 4. The van der Waals surface area contributed by atoms with Gasteiger partial charge in [-0.25, -0.2) is 4.98 Å². The van der Waals surface area contributed by atoms with E-state index in [4.69, 9.17) is 23.1 Å². The van der Waals surface area contributed by atoms with Gasteiger partial charge in [0.2, 0.25) is 17.7 Å². The fraction of sp³-hybridized carbons (Fsp3) is 0.371. The van der Waals surface area contributed by atoms with Crippen molar-refractivity contribution in [1.29, 1.82) is 0 Å². The molecule has 3 amide bonds. The van der Waals surface area contributed by atoms with Crippen LogP contribution in [0.1, 0.15) is 42.0 Å². The van der Waals surface area contributed by atoms with Gasteiger partial charge in [-0.05, 0) is 67.3 Å². The normalized spacial score (nSPS) is 19.6. The number of aromatic amines is 1. The number of alkyl halides is 3. The summed E-state index contributed by atoms with van der Waals surface area (Å²) in [6.07, 6.45) is -0.518. The smallest absolute Gasteiger partial charge is 0.361 e. The number of fused-ring (bicyclic) bond motifs is 3. The van der Waals surface area contributed by atoms with Crippen molar-refractivity contribution in [3.05, 3.63) is 88.2 Å². The summed E-state index contributed by atoms with van der Waals surface area (Å²) >= 11 is 7.60. The van der Waals surface area contributed by atoms with Gasteiger partial charge in [-0.3, -0.25) is 14.4 Å². The molecule has 2 aromatic heterocycles. The molecule has 8 N–H and O–H groups in total. The van der Waals surface area contributed by atoms with E-state index in [1.807, 2.05) is 24.3 Å². The quantitative estimate of drug-likeness (QED) is 0.164. The molecule has 0 spiro atoms. The Morgan fingerprint density at radius 3 is 2.53 bits per heavy atom. The molecule has 0 radical (unpaired) electrons. The van der Waals surface area contributed by atoms with Crippen molar-refractivity contribution >= 4 is 52.0 Å². The number of carbonyl (C=O) groups excluding carboxylic acids is 3. The first kappa shape index (κ1) is 38.1. The van der Waals surface area contributed by atoms with Crippen LogP contribution in [0, 0.1) is 0 Å². The number of nitrogens with two attached hydrogens (primary N) is 2. The number of benzene rings is 2. The Kier molecular flexibility index (Phi) is 12.6. The van der Waals surface area contributed by atoms with E-state index >= 15 is 0 Å². The van der Waals surface area contributed by atoms with Gasteiger partial charge in [-0.1, -0.05) is 47.6 Å². The molecule has 0 saturated carbocycles. The highest BCUT2D eigenvalue weighted by Gasteiger charge is 2.36. The lowest BCUT2D eigenvalue weighted by atomic mass is 10.0. The van der Waals surface area contributed by atoms with E-state index in [0.29, 0.717) is 30.0 Å². The number of pyridine rings is 1. The van der Waals surface area contributed by atoms with E-state index in [2.05, 4.69) is 25.9 Å². The number of hydrogen-bond donors (Lipinski definition) is 6. The molecule has 16 heteroatoms. The maximum absolute atomic E-state index is 14.2. The van der Waals surface area contributed by atoms with Crippen molar-refractivity contribution in [3.63, 3.8) is 0 Å². The molecule has 1 aliphatic heterocycles. The molecule has 272 valence electrons. The predicted octanol–water partition coefficient (Wildman–Crippen LogP) is 4.12. The average molecular weight is 745 g/mol. The summed E-state index contributed by atoms with van der Waals surface area (Å²) in [5.41, 5.74) is 13.2. The van der Waals surface area contributed by atoms with Gasteiger partial charge < -0.3 is 37.3 Å². The monoisotopic (exact) mass is 744 g/mol. The molecular formula is C35H40ClF3N8O3S. The second-order valence-corrected chi connectivity index (χ2v) is 13.5. The lowest BCUT2D eigenvalue weighted by Crippen LogP contribution is -2.60. The molecule has 51 heavy (non-hydrogen) atoms. The molecule has 4 aromatic rings. The summed E-state index contributed by atoms with van der Waals surface area (Å²) in [6.45, 7) is 1.65. The molecule has 0 saturated heterocycles. The second kappa shape index (κ2) is 16.9. The number of carbonyl (C=O) groups is 3. The van der Waals surface area contributed by atoms with E-state index in [-0.39, 0.29) is 48.1 Å². The van der Waals surface area contributed by atoms with Gasteiger partial charge in [0.25, 0.3) is 0 Å². The number of amides is 3. The third kappa shape index (κ3) is 9.02. The molecule has 0 fully saturated rings. The van der Waals surface area contributed by atoms with E-state index in [1.165, 1.54) is 4.90 Å². The van der Waals surface area contributed by atoms with Crippen molar-refractivity contribution in [1.82, 2.24) is 30.8 Å². The Hall–Kier alpha value is -4.15. The Morgan fingerprint density at radius 1 is 1.02 bits per heavy atom. The van der Waals surface area contributed by atoms with Crippen molar-refractivity contribution in [2.75, 3.05) is 19.6 Å². The predicted molar refractivity (Wildman–Crippen MR) is 190 cm³/mol. The molecular weight excluding hydrogens is 705 g/mol. The van der Waals surface area contributed by atoms with E-state index in [9.17, 15) is 27.6 Å². The first-order chi connectivity index (χ1) is 24.4. The van der Waals surface area contributed by atoms with Crippen LogP contribution in [0.2, 0.25) is 5.02 Å². The maximum Gasteiger partial charge on any atom is 0.416 e. The summed E-state index contributed by atoms with van der Waals surface area (Å²) in [7, 11) is 0. The third-order valence-corrected chi connectivity index (χ3v) is 10.4. The molecule has 0 bridgehead atoms. The zero-order valence-corrected chi connectivity index (χ0v) is 29.4. The van der Waals surface area contributed by atoms with Crippen LogP contribution in [-0.2, 0) is 40.1 Å². The largest absolute Gasteiger partial charge is 0.416 e. The average Bonchev–Trinajstić information content (AvgIpc) is 3.52. The molecule has 3 atom stereocenters. The van der Waals surface area contributed by atoms with Crippen molar-refractivity contribution in [2.24, 2.45) is 11.5 Å². The van der Waals surface area contributed by atoms with Crippen LogP contribution in [0.4, 0.5) is 13.2 Å². The van der Waals surface area contributed by atoms with Crippen LogP contribution >= 0.6 is 23.4 Å². The van der Waals surface area contributed by atoms with Crippen molar-refractivity contribution in [3.8, 4) is 0 Å². The number of nitrogens with zero attached hydrogens (tertiary/aromatic N) is 2. The summed E-state index contributed by atoms with van der Waals surface area (Å²) in [5, 5.41) is 9.90. The number of rotatable bonds is 7. The topological polar surface area (TPSA) is 171 Å². The lowest BCUT2D eigenvalue weighted by molar-refractivity contribution is -0.143. The minimum Gasteiger partial charge on any atom is -0.361 e. The van der Waals surface area contributed by atoms with Crippen LogP contribution in [0.15, 0.2) is 70.8 Å². The number of halogens is 4. The van der Waals surface area contributed by atoms with Crippen LogP contribution in [-0.4, -0.2) is 70.3 Å². The number of para-hydroxylation sites is 1. The Morgan fingerprint density at radius 2 is 1.80 bits per heavy atom. The van der Waals surface area contributed by atoms with Crippen LogP contribution in [0.25, 0.3) is 10.9 Å². The van der Waals surface area contributed by atoms with Crippen LogP contribution in [0.3, 0.4) is 0 Å². The maximum atomic E-state index is 14.2. The molecule has 0 unspecified atom stereocenters. The molecule has 1 aliphatic rings. The highest BCUT2D eigenvalue weighted by atomic mass is 35.5. The number of hydrogen-bond acceptors (Lipinski definition) is 8. The SMILES string of the molecule is CCN1C(=O)[C@H](CN)NC(=O)[C@H](CCCN)NCc2cccnc2Sc2c(Cl)cc(C(F)(F)F)cc2CNC(=O)[C@@H]1Cc1c[nH]c2ccccc12. The summed E-state index contributed by atoms with van der Waals surface area (Å²) in [5.74, 6) is -1.67. The number of aromatic nitrogens is 2. The number of likely N-dealkylation sites (N-methyl/N-ethyl adjacent to an activating group) is 1. The fourth-order valence-corrected chi connectivity index (χ4v) is 7.42. The van der Waals surface area contributed by atoms with Gasteiger partial charge in [0.15, 0.2) is 0 Å². The standard InChI is InChI=1S/C35H40ClF3N8O3S/c1-2-47-29(14-21-18-43-26-9-4-3-8-24(21)26)32(49)45-19-22-13-23(35(37,38)39)15-25(36)30(22)51-33-20(7-6-12-42-33)17-44-27(10-5-11-40)31(48)46-28(16-41)34(47)50/h3-4,6-9,12-13,15,18,27-29,43-44H,2,5,10-11,14,16-17,19,40-41H2,1H3,(H,45,49)(H,46,48)/t27-,28-,29-/m0/s1. The lowest BCUT2D eigenvalue weighted by Gasteiger charge is -2.33. The Labute approximate surface area is 302 Å². The molecule has 5 rings (SSSR count).